The molecule has 3 rings (SSSR count). The molecule has 3 atom stereocenters. The minimum absolute atomic E-state index is 0.00887. The molecule has 0 bridgehead atoms. The van der Waals surface area contributed by atoms with E-state index >= 15 is 0 Å². The van der Waals surface area contributed by atoms with Crippen molar-refractivity contribution in [3.05, 3.63) is 36.0 Å². The Kier molecular flexibility index (Phi) is 14.2. The molecule has 0 spiro atoms. The molecule has 0 aliphatic heterocycles. The quantitative estimate of drug-likeness (QED) is 0.0584. The second kappa shape index (κ2) is 18.1. The van der Waals surface area contributed by atoms with Crippen molar-refractivity contribution in [2.75, 3.05) is 13.2 Å². The zero-order valence-corrected chi connectivity index (χ0v) is 28.5. The highest BCUT2D eigenvalue weighted by Gasteiger charge is 2.33. The number of fused-ring (bicyclic) bond motifs is 1. The molecule has 0 radical (unpaired) electrons. The highest BCUT2D eigenvalue weighted by Crippen LogP contribution is 2.28. The van der Waals surface area contributed by atoms with Crippen LogP contribution in [-0.2, 0) is 35.1 Å². The third kappa shape index (κ3) is 11.9. The summed E-state index contributed by atoms with van der Waals surface area (Å²) in [4.78, 5) is 69.5. The number of para-hydroxylation sites is 1. The predicted octanol–water partition coefficient (Wildman–Crippen LogP) is 2.67. The fourth-order valence-corrected chi connectivity index (χ4v) is 5.93. The average Bonchev–Trinajstić information content (AvgIpc) is 3.38. The molecule has 3 amide bonds. The van der Waals surface area contributed by atoms with Crippen molar-refractivity contribution < 1.29 is 33.4 Å². The van der Waals surface area contributed by atoms with Crippen molar-refractivity contribution in [3.63, 3.8) is 0 Å². The second-order valence-electron chi connectivity index (χ2n) is 13.2. The van der Waals surface area contributed by atoms with Crippen molar-refractivity contribution in [2.45, 2.75) is 109 Å². The first-order valence-electron chi connectivity index (χ1n) is 16.7. The molecule has 1 aromatic carbocycles. The van der Waals surface area contributed by atoms with Gasteiger partial charge in [0.2, 0.25) is 18.2 Å². The third-order valence-corrected chi connectivity index (χ3v) is 8.13. The minimum atomic E-state index is -1.19. The zero-order chi connectivity index (χ0) is 35.3. The van der Waals surface area contributed by atoms with Crippen LogP contribution in [0.4, 0.5) is 4.79 Å². The highest BCUT2D eigenvalue weighted by molar-refractivity contribution is 5.94. The van der Waals surface area contributed by atoms with Gasteiger partial charge in [0.05, 0.1) is 12.1 Å². The van der Waals surface area contributed by atoms with E-state index in [2.05, 4.69) is 20.9 Å². The number of carbonyl (C=O) groups is 5. The summed E-state index contributed by atoms with van der Waals surface area (Å²) in [5, 5.41) is 9.05. The minimum Gasteiger partial charge on any atom is -0.464 e. The van der Waals surface area contributed by atoms with E-state index in [1.807, 2.05) is 12.1 Å². The Bertz CT molecular complexity index is 1440. The van der Waals surface area contributed by atoms with Crippen LogP contribution in [0.5, 0.6) is 0 Å². The molecule has 14 heteroatoms. The number of nitrogens with two attached hydrogens (primary N) is 2. The fraction of sp³-hybridized carbons (Fsp3) is 0.588. The van der Waals surface area contributed by atoms with E-state index in [1.165, 1.54) is 4.57 Å². The molecule has 7 N–H and O–H groups in total. The maximum atomic E-state index is 14.0. The van der Waals surface area contributed by atoms with E-state index in [9.17, 15) is 24.0 Å². The van der Waals surface area contributed by atoms with E-state index in [1.54, 1.807) is 46.0 Å². The van der Waals surface area contributed by atoms with E-state index in [4.69, 9.17) is 20.9 Å². The number of ether oxygens (including phenoxy) is 2. The van der Waals surface area contributed by atoms with Gasteiger partial charge in [-0.2, -0.15) is 0 Å². The Balaban J connectivity index is 1.93. The van der Waals surface area contributed by atoms with Crippen LogP contribution >= 0.6 is 0 Å². The van der Waals surface area contributed by atoms with E-state index in [0.29, 0.717) is 30.3 Å². The van der Waals surface area contributed by atoms with Gasteiger partial charge in [-0.1, -0.05) is 50.3 Å². The molecule has 48 heavy (non-hydrogen) atoms. The molecule has 1 heterocycles. The molecule has 1 fully saturated rings. The van der Waals surface area contributed by atoms with Crippen LogP contribution in [-0.4, -0.2) is 77.7 Å². The molecule has 1 aliphatic rings. The van der Waals surface area contributed by atoms with Crippen LogP contribution < -0.4 is 27.4 Å². The highest BCUT2D eigenvalue weighted by atomic mass is 16.6. The predicted molar refractivity (Wildman–Crippen MR) is 183 cm³/mol. The van der Waals surface area contributed by atoms with Gasteiger partial charge in [0, 0.05) is 24.5 Å². The van der Waals surface area contributed by atoms with Crippen molar-refractivity contribution in [3.8, 4) is 0 Å². The van der Waals surface area contributed by atoms with Crippen molar-refractivity contribution >= 4 is 47.1 Å². The average molecular weight is 670 g/mol. The van der Waals surface area contributed by atoms with Gasteiger partial charge in [-0.25, -0.2) is 9.59 Å². The lowest BCUT2D eigenvalue weighted by Crippen LogP contribution is -2.57. The third-order valence-electron chi connectivity index (χ3n) is 8.13. The van der Waals surface area contributed by atoms with Gasteiger partial charge in [-0.05, 0) is 64.5 Å². The van der Waals surface area contributed by atoms with Crippen LogP contribution in [0.15, 0.2) is 35.5 Å². The normalized spacial score (nSPS) is 15.4. The first kappa shape index (κ1) is 37.8. The van der Waals surface area contributed by atoms with Crippen LogP contribution in [0, 0.1) is 5.92 Å². The van der Waals surface area contributed by atoms with Gasteiger partial charge in [0.25, 0.3) is 0 Å². The summed E-state index contributed by atoms with van der Waals surface area (Å²) >= 11 is 0. The molecule has 1 aliphatic carbocycles. The molecule has 14 nitrogen and oxygen atoms in total. The lowest BCUT2D eigenvalue weighted by molar-refractivity contribution is -0.147. The second-order valence-corrected chi connectivity index (χ2v) is 13.2. The van der Waals surface area contributed by atoms with Gasteiger partial charge in [-0.15, -0.1) is 0 Å². The maximum Gasteiger partial charge on any atom is 0.408 e. The summed E-state index contributed by atoms with van der Waals surface area (Å²) in [5.41, 5.74) is 11.3. The summed E-state index contributed by atoms with van der Waals surface area (Å²) < 4.78 is 12.1. The number of amides is 3. The number of aromatic nitrogens is 1. The van der Waals surface area contributed by atoms with E-state index < -0.39 is 47.6 Å². The Labute approximate surface area is 281 Å². The summed E-state index contributed by atoms with van der Waals surface area (Å²) in [6.07, 6.45) is 7.50. The van der Waals surface area contributed by atoms with Crippen LogP contribution in [0.2, 0.25) is 0 Å². The first-order valence-corrected chi connectivity index (χ1v) is 16.7. The number of esters is 1. The molecular formula is C34H51N7O7. The summed E-state index contributed by atoms with van der Waals surface area (Å²) in [7, 11) is 0. The standard InChI is InChI=1S/C34H51N7O7/c1-5-47-31(45)25(15-11-17-37-32(35)36)38-30(44)27(19-23-20-41(21-42)28-16-10-9-14-24(23)28)39-29(43)26(18-22-12-7-6-8-13-22)40-33(46)48-34(2,3)4/h9-10,14,16,20-22,25-27H,5-8,11-13,15,17-19H2,1-4H3,(H,38,44)(H,39,43)(H,40,46)(H4,35,36,37)/t25-,26+,27?/m0/s1. The Hall–Kier alpha value is -4.62. The Morgan fingerprint density at radius 1 is 1.00 bits per heavy atom. The van der Waals surface area contributed by atoms with E-state index in [0.717, 1.165) is 37.5 Å². The summed E-state index contributed by atoms with van der Waals surface area (Å²) in [6, 6.07) is 4.00. The number of aliphatic imine (C=N–C) groups is 1. The van der Waals surface area contributed by atoms with Crippen LogP contribution in [0.3, 0.4) is 0 Å². The van der Waals surface area contributed by atoms with Crippen molar-refractivity contribution in [1.82, 2.24) is 20.5 Å². The van der Waals surface area contributed by atoms with Gasteiger partial charge < -0.3 is 36.9 Å². The number of nitrogens with zero attached hydrogens (tertiary/aromatic N) is 2. The SMILES string of the molecule is CCOC(=O)[C@H](CCCN=C(N)N)NC(=O)C(Cc1cn(C=O)c2ccccc12)NC(=O)[C@@H](CC1CCCCC1)NC(=O)OC(C)(C)C. The number of rotatable bonds is 16. The maximum absolute atomic E-state index is 14.0. The fourth-order valence-electron chi connectivity index (χ4n) is 5.93. The number of carbonyl (C=O) groups excluding carboxylic acids is 5. The molecule has 1 aromatic heterocycles. The molecule has 0 saturated heterocycles. The Morgan fingerprint density at radius 3 is 2.31 bits per heavy atom. The number of nitrogens with one attached hydrogen (secondary N) is 3. The number of benzene rings is 1. The number of hydrogen-bond donors (Lipinski definition) is 5. The summed E-state index contributed by atoms with van der Waals surface area (Å²) in [5.74, 6) is -1.72. The molecule has 2 aromatic rings. The number of guanidine groups is 1. The lowest BCUT2D eigenvalue weighted by Gasteiger charge is -2.29. The smallest absolute Gasteiger partial charge is 0.408 e. The van der Waals surface area contributed by atoms with Gasteiger partial charge in [0.15, 0.2) is 5.96 Å². The van der Waals surface area contributed by atoms with Crippen molar-refractivity contribution in [1.29, 1.82) is 0 Å². The van der Waals surface area contributed by atoms with Gasteiger partial charge >= 0.3 is 12.1 Å². The number of hydrogen-bond acceptors (Lipinski definition) is 8. The van der Waals surface area contributed by atoms with Crippen molar-refractivity contribution in [2.24, 2.45) is 22.4 Å². The van der Waals surface area contributed by atoms with Gasteiger partial charge in [0.1, 0.15) is 23.7 Å². The molecule has 1 unspecified atom stereocenters. The molecule has 264 valence electrons. The monoisotopic (exact) mass is 669 g/mol. The lowest BCUT2D eigenvalue weighted by atomic mass is 9.84. The van der Waals surface area contributed by atoms with E-state index in [-0.39, 0.29) is 37.9 Å². The van der Waals surface area contributed by atoms with Gasteiger partial charge in [-0.3, -0.25) is 23.9 Å². The topological polar surface area (TPSA) is 209 Å². The van der Waals surface area contributed by atoms with Crippen LogP contribution in [0.25, 0.3) is 10.9 Å². The number of alkyl carbamates (subject to hydrolysis) is 1. The van der Waals surface area contributed by atoms with Crippen LogP contribution in [0.1, 0.15) is 84.6 Å². The summed E-state index contributed by atoms with van der Waals surface area (Å²) in [6.45, 7) is 7.19. The molecule has 1 saturated carbocycles. The Morgan fingerprint density at radius 2 is 1.67 bits per heavy atom. The first-order chi connectivity index (χ1) is 22.8. The zero-order valence-electron chi connectivity index (χ0n) is 28.5. The molecular weight excluding hydrogens is 618 g/mol. The largest absolute Gasteiger partial charge is 0.464 e.